The van der Waals surface area contributed by atoms with Crippen molar-refractivity contribution in [3.8, 4) is 0 Å². The van der Waals surface area contributed by atoms with Gasteiger partial charge >= 0.3 is 0 Å². The number of rotatable bonds is 40. The highest BCUT2D eigenvalue weighted by atomic mass is 32.2. The normalized spacial score (nSPS) is 12.7. The zero-order valence-electron chi connectivity index (χ0n) is 31.5. The van der Waals surface area contributed by atoms with E-state index in [4.69, 9.17) is 13.7 Å². The van der Waals surface area contributed by atoms with E-state index in [9.17, 15) is 8.42 Å². The van der Waals surface area contributed by atoms with Crippen molar-refractivity contribution in [2.45, 2.75) is 225 Å². The van der Waals surface area contributed by atoms with Crippen LogP contribution in [0.2, 0.25) is 0 Å². The summed E-state index contributed by atoms with van der Waals surface area (Å²) < 4.78 is 39.9. The van der Waals surface area contributed by atoms with Gasteiger partial charge in [0.05, 0.1) is 19.5 Å². The smallest absolute Gasteiger partial charge is 0.264 e. The van der Waals surface area contributed by atoms with Crippen LogP contribution in [-0.2, 0) is 23.8 Å². The van der Waals surface area contributed by atoms with Gasteiger partial charge in [0.2, 0.25) is 0 Å². The van der Waals surface area contributed by atoms with Crippen molar-refractivity contribution in [2.24, 2.45) is 0 Å². The lowest BCUT2D eigenvalue weighted by Gasteiger charge is -2.17. The van der Waals surface area contributed by atoms with Crippen LogP contribution in [0.5, 0.6) is 0 Å². The van der Waals surface area contributed by atoms with Gasteiger partial charge in [-0.1, -0.05) is 206 Å². The summed E-state index contributed by atoms with van der Waals surface area (Å²) in [4.78, 5) is 0. The van der Waals surface area contributed by atoms with Crippen molar-refractivity contribution in [1.82, 2.24) is 0 Å². The lowest BCUT2D eigenvalue weighted by atomic mass is 10.0. The molecule has 0 unspecified atom stereocenters. The second-order valence-electron chi connectivity index (χ2n) is 14.2. The van der Waals surface area contributed by atoms with E-state index in [1.807, 2.05) is 0 Å². The quantitative estimate of drug-likeness (QED) is 0.0478. The fourth-order valence-electron chi connectivity index (χ4n) is 6.21. The molecular formula is C40H82O5S. The Morgan fingerprint density at radius 3 is 0.978 bits per heavy atom. The molecule has 0 aromatic heterocycles. The van der Waals surface area contributed by atoms with Crippen LogP contribution in [0.15, 0.2) is 0 Å². The standard InChI is InChI=1S/C40H82O5S/c1-4-6-8-10-12-14-16-18-20-22-24-26-28-30-32-34-36-43-38-40(39-45-46(3,41)42)44-37-35-33-31-29-27-25-23-21-19-17-15-13-11-9-7-5-2/h40H,4-39H2,1-3H3/t40-/m0/s1. The fraction of sp³-hybridized carbons (Fsp3) is 1.00. The molecule has 46 heavy (non-hydrogen) atoms. The van der Waals surface area contributed by atoms with E-state index in [2.05, 4.69) is 13.8 Å². The van der Waals surface area contributed by atoms with Crippen molar-refractivity contribution in [3.63, 3.8) is 0 Å². The second kappa shape index (κ2) is 37.6. The van der Waals surface area contributed by atoms with E-state index in [-0.39, 0.29) is 12.7 Å². The predicted octanol–water partition coefficient (Wildman–Crippen LogP) is 12.9. The molecule has 0 aromatic rings. The number of hydrogen-bond acceptors (Lipinski definition) is 5. The van der Waals surface area contributed by atoms with E-state index in [0.717, 1.165) is 25.5 Å². The van der Waals surface area contributed by atoms with Gasteiger partial charge in [0, 0.05) is 13.2 Å². The summed E-state index contributed by atoms with van der Waals surface area (Å²) >= 11 is 0. The van der Waals surface area contributed by atoms with Gasteiger partial charge in [-0.2, -0.15) is 8.42 Å². The molecule has 0 aliphatic carbocycles. The van der Waals surface area contributed by atoms with Crippen LogP contribution in [0.1, 0.15) is 219 Å². The molecule has 0 aliphatic heterocycles. The van der Waals surface area contributed by atoms with Crippen molar-refractivity contribution in [3.05, 3.63) is 0 Å². The third-order valence-corrected chi connectivity index (χ3v) is 9.83. The molecule has 6 heteroatoms. The highest BCUT2D eigenvalue weighted by molar-refractivity contribution is 7.85. The molecule has 0 radical (unpaired) electrons. The molecule has 0 fully saturated rings. The molecule has 278 valence electrons. The average molecular weight is 675 g/mol. The molecule has 0 saturated heterocycles. The minimum absolute atomic E-state index is 0.0383. The van der Waals surface area contributed by atoms with E-state index in [1.165, 1.54) is 186 Å². The van der Waals surface area contributed by atoms with E-state index in [1.54, 1.807) is 0 Å². The van der Waals surface area contributed by atoms with E-state index in [0.29, 0.717) is 19.8 Å². The summed E-state index contributed by atoms with van der Waals surface area (Å²) in [6, 6.07) is 0. The summed E-state index contributed by atoms with van der Waals surface area (Å²) in [6.07, 6.45) is 44.0. The first-order valence-corrected chi connectivity index (χ1v) is 22.3. The highest BCUT2D eigenvalue weighted by Gasteiger charge is 2.14. The molecule has 0 bridgehead atoms. The van der Waals surface area contributed by atoms with Crippen LogP contribution >= 0.6 is 0 Å². The molecule has 0 spiro atoms. The van der Waals surface area contributed by atoms with Gasteiger partial charge in [0.25, 0.3) is 10.1 Å². The van der Waals surface area contributed by atoms with Crippen LogP contribution in [0.4, 0.5) is 0 Å². The lowest BCUT2D eigenvalue weighted by molar-refractivity contribution is -0.0377. The Balaban J connectivity index is 3.62. The molecule has 0 aliphatic rings. The Hall–Kier alpha value is -0.170. The molecule has 0 aromatic carbocycles. The largest absolute Gasteiger partial charge is 0.379 e. The van der Waals surface area contributed by atoms with Crippen LogP contribution in [0.25, 0.3) is 0 Å². The summed E-state index contributed by atoms with van der Waals surface area (Å²) in [5, 5.41) is 0. The van der Waals surface area contributed by atoms with Crippen LogP contribution in [0, 0.1) is 0 Å². The first-order chi connectivity index (χ1) is 22.5. The fourth-order valence-corrected chi connectivity index (χ4v) is 6.61. The third kappa shape index (κ3) is 40.0. The highest BCUT2D eigenvalue weighted by Crippen LogP contribution is 2.15. The molecule has 0 amide bonds. The lowest BCUT2D eigenvalue weighted by Crippen LogP contribution is -2.27. The minimum atomic E-state index is -3.48. The minimum Gasteiger partial charge on any atom is -0.379 e. The zero-order valence-corrected chi connectivity index (χ0v) is 32.3. The summed E-state index contributed by atoms with van der Waals surface area (Å²) in [5.74, 6) is 0. The molecule has 5 nitrogen and oxygen atoms in total. The van der Waals surface area contributed by atoms with Gasteiger partial charge in [0.15, 0.2) is 0 Å². The number of ether oxygens (including phenoxy) is 2. The van der Waals surface area contributed by atoms with Crippen LogP contribution < -0.4 is 0 Å². The first-order valence-electron chi connectivity index (χ1n) is 20.5. The van der Waals surface area contributed by atoms with Gasteiger partial charge < -0.3 is 9.47 Å². The summed E-state index contributed by atoms with van der Waals surface area (Å²) in [7, 11) is -3.48. The molecule has 0 saturated carbocycles. The van der Waals surface area contributed by atoms with Gasteiger partial charge in [-0.25, -0.2) is 0 Å². The maximum atomic E-state index is 11.5. The zero-order chi connectivity index (χ0) is 33.7. The molecule has 0 N–H and O–H groups in total. The Morgan fingerprint density at radius 2 is 0.674 bits per heavy atom. The number of unbranched alkanes of at least 4 members (excludes halogenated alkanes) is 30. The second-order valence-corrected chi connectivity index (χ2v) is 15.8. The van der Waals surface area contributed by atoms with Gasteiger partial charge in [-0.05, 0) is 12.8 Å². The van der Waals surface area contributed by atoms with Gasteiger partial charge in [-0.15, -0.1) is 0 Å². The molecule has 1 atom stereocenters. The molecule has 0 heterocycles. The van der Waals surface area contributed by atoms with E-state index < -0.39 is 10.1 Å². The Morgan fingerprint density at radius 1 is 0.391 bits per heavy atom. The van der Waals surface area contributed by atoms with Crippen molar-refractivity contribution >= 4 is 10.1 Å². The van der Waals surface area contributed by atoms with E-state index >= 15 is 0 Å². The average Bonchev–Trinajstić information content (AvgIpc) is 3.03. The SMILES string of the molecule is CCCCCCCCCCCCCCCCCCOC[C@@H](COS(C)(=O)=O)OCCCCCCCCCCCCCCCCCC. The van der Waals surface area contributed by atoms with Crippen LogP contribution in [0.3, 0.4) is 0 Å². The summed E-state index contributed by atoms with van der Waals surface area (Å²) in [6.45, 7) is 6.34. The van der Waals surface area contributed by atoms with Crippen molar-refractivity contribution in [2.75, 3.05) is 32.7 Å². The maximum Gasteiger partial charge on any atom is 0.264 e. The molecule has 0 rings (SSSR count). The predicted molar refractivity (Wildman–Crippen MR) is 200 cm³/mol. The third-order valence-electron chi connectivity index (χ3n) is 9.27. The number of hydrogen-bond donors (Lipinski definition) is 0. The Kier molecular flexibility index (Phi) is 37.5. The maximum absolute atomic E-state index is 11.5. The van der Waals surface area contributed by atoms with Crippen molar-refractivity contribution < 1.29 is 22.1 Å². The van der Waals surface area contributed by atoms with Crippen LogP contribution in [-0.4, -0.2) is 47.2 Å². The van der Waals surface area contributed by atoms with Gasteiger partial charge in [-0.3, -0.25) is 4.18 Å². The van der Waals surface area contributed by atoms with Crippen molar-refractivity contribution in [1.29, 1.82) is 0 Å². The Labute approximate surface area is 289 Å². The first kappa shape index (κ1) is 45.8. The van der Waals surface area contributed by atoms with Gasteiger partial charge in [0.1, 0.15) is 6.10 Å². The summed E-state index contributed by atoms with van der Waals surface area (Å²) in [5.41, 5.74) is 0. The molecular weight excluding hydrogens is 593 g/mol. The topological polar surface area (TPSA) is 61.8 Å². The monoisotopic (exact) mass is 675 g/mol. The Bertz CT molecular complexity index is 669.